The highest BCUT2D eigenvalue weighted by Crippen LogP contribution is 2.28. The lowest BCUT2D eigenvalue weighted by atomic mass is 10.2. The topological polar surface area (TPSA) is 38.1 Å². The Morgan fingerprint density at radius 3 is 2.71 bits per heavy atom. The van der Waals surface area contributed by atoms with E-state index in [-0.39, 0.29) is 0 Å². The first-order chi connectivity index (χ1) is 8.22. The van der Waals surface area contributed by atoms with E-state index in [1.54, 1.807) is 18.0 Å². The number of benzene rings is 1. The van der Waals surface area contributed by atoms with E-state index < -0.39 is 6.10 Å². The molecule has 90 valence electrons. The molecule has 0 aliphatic heterocycles. The smallest absolute Gasteiger partial charge is 0.172 e. The first-order valence-electron chi connectivity index (χ1n) is 5.65. The molecule has 0 saturated heterocycles. The maximum absolute atomic E-state index is 9.82. The van der Waals surface area contributed by atoms with Crippen molar-refractivity contribution in [1.82, 2.24) is 9.55 Å². The first kappa shape index (κ1) is 12.2. The van der Waals surface area contributed by atoms with Crippen molar-refractivity contribution >= 4 is 11.8 Å². The molecule has 2 aromatic rings. The van der Waals surface area contributed by atoms with E-state index in [0.717, 1.165) is 15.7 Å². The van der Waals surface area contributed by atoms with Gasteiger partial charge in [-0.2, -0.15) is 0 Å². The van der Waals surface area contributed by atoms with Gasteiger partial charge in [-0.3, -0.25) is 0 Å². The van der Waals surface area contributed by atoms with Crippen molar-refractivity contribution in [2.75, 3.05) is 0 Å². The van der Waals surface area contributed by atoms with Crippen molar-refractivity contribution in [2.24, 2.45) is 7.05 Å². The molecule has 0 aliphatic carbocycles. The van der Waals surface area contributed by atoms with Gasteiger partial charge in [-0.15, -0.1) is 0 Å². The minimum atomic E-state index is -0.433. The van der Waals surface area contributed by atoms with E-state index >= 15 is 0 Å². The number of aromatic nitrogens is 2. The molecule has 0 aliphatic rings. The van der Waals surface area contributed by atoms with Gasteiger partial charge in [0.2, 0.25) is 0 Å². The molecule has 0 bridgehead atoms. The van der Waals surface area contributed by atoms with E-state index in [2.05, 4.69) is 17.1 Å². The average molecular weight is 248 g/mol. The summed E-state index contributed by atoms with van der Waals surface area (Å²) in [5.41, 5.74) is 0.867. The second-order valence-electron chi connectivity index (χ2n) is 3.86. The summed E-state index contributed by atoms with van der Waals surface area (Å²) in [5.74, 6) is 0. The molecule has 1 aromatic heterocycles. The molecule has 17 heavy (non-hydrogen) atoms. The van der Waals surface area contributed by atoms with Crippen LogP contribution in [0.2, 0.25) is 0 Å². The van der Waals surface area contributed by atoms with Gasteiger partial charge in [0, 0.05) is 11.9 Å². The molecule has 3 nitrogen and oxygen atoms in total. The van der Waals surface area contributed by atoms with Crippen molar-refractivity contribution < 1.29 is 5.11 Å². The second kappa shape index (κ2) is 5.38. The van der Waals surface area contributed by atoms with Crippen molar-refractivity contribution in [3.05, 3.63) is 42.2 Å². The maximum atomic E-state index is 9.82. The normalized spacial score (nSPS) is 12.6. The summed E-state index contributed by atoms with van der Waals surface area (Å²) in [7, 11) is 1.94. The van der Waals surface area contributed by atoms with Gasteiger partial charge in [-0.25, -0.2) is 4.98 Å². The van der Waals surface area contributed by atoms with Gasteiger partial charge in [-0.1, -0.05) is 36.9 Å². The van der Waals surface area contributed by atoms with Crippen molar-refractivity contribution in [2.45, 2.75) is 29.5 Å². The molecule has 0 saturated carbocycles. The SMILES string of the molecule is CCC(O)c1cnc(Sc2ccccc2)n1C. The van der Waals surface area contributed by atoms with Crippen LogP contribution in [-0.4, -0.2) is 14.7 Å². The Balaban J connectivity index is 2.21. The number of aliphatic hydroxyl groups is 1. The number of hydrogen-bond acceptors (Lipinski definition) is 3. The third-order valence-corrected chi connectivity index (χ3v) is 3.73. The van der Waals surface area contributed by atoms with Crippen LogP contribution in [-0.2, 0) is 7.05 Å². The van der Waals surface area contributed by atoms with Gasteiger partial charge in [0.15, 0.2) is 5.16 Å². The number of nitrogens with zero attached hydrogens (tertiary/aromatic N) is 2. The van der Waals surface area contributed by atoms with Crippen LogP contribution in [0.3, 0.4) is 0 Å². The third kappa shape index (κ3) is 2.70. The lowest BCUT2D eigenvalue weighted by Gasteiger charge is -2.09. The van der Waals surface area contributed by atoms with E-state index in [1.807, 2.05) is 36.7 Å². The van der Waals surface area contributed by atoms with Gasteiger partial charge in [-0.05, 0) is 18.6 Å². The number of hydrogen-bond donors (Lipinski definition) is 1. The summed E-state index contributed by atoms with van der Waals surface area (Å²) in [6, 6.07) is 10.1. The molecule has 1 aromatic carbocycles. The Labute approximate surface area is 106 Å². The summed E-state index contributed by atoms with van der Waals surface area (Å²) in [6.45, 7) is 1.96. The van der Waals surface area contributed by atoms with E-state index in [9.17, 15) is 5.11 Å². The Morgan fingerprint density at radius 1 is 1.35 bits per heavy atom. The van der Waals surface area contributed by atoms with Crippen LogP contribution in [0.1, 0.15) is 25.1 Å². The van der Waals surface area contributed by atoms with E-state index in [0.29, 0.717) is 6.42 Å². The highest BCUT2D eigenvalue weighted by molar-refractivity contribution is 7.99. The Bertz CT molecular complexity index is 481. The monoisotopic (exact) mass is 248 g/mol. The van der Waals surface area contributed by atoms with Crippen LogP contribution in [0.4, 0.5) is 0 Å². The molecule has 4 heteroatoms. The Morgan fingerprint density at radius 2 is 2.06 bits per heavy atom. The Kier molecular flexibility index (Phi) is 3.86. The molecular weight excluding hydrogens is 232 g/mol. The predicted molar refractivity (Wildman–Crippen MR) is 69.0 cm³/mol. The fourth-order valence-corrected chi connectivity index (χ4v) is 2.46. The van der Waals surface area contributed by atoms with Gasteiger partial charge in [0.05, 0.1) is 18.0 Å². The second-order valence-corrected chi connectivity index (χ2v) is 4.90. The van der Waals surface area contributed by atoms with Crippen molar-refractivity contribution in [3.63, 3.8) is 0 Å². The van der Waals surface area contributed by atoms with Crippen LogP contribution in [0.15, 0.2) is 46.6 Å². The molecule has 0 spiro atoms. The largest absolute Gasteiger partial charge is 0.387 e. The standard InChI is InChI=1S/C13H16N2OS/c1-3-12(16)11-9-14-13(15(11)2)17-10-7-5-4-6-8-10/h4-9,12,16H,3H2,1-2H3. The maximum Gasteiger partial charge on any atom is 0.172 e. The van der Waals surface area contributed by atoms with E-state index in [1.165, 1.54) is 0 Å². The fraction of sp³-hybridized carbons (Fsp3) is 0.308. The molecule has 1 atom stereocenters. The zero-order valence-corrected chi connectivity index (χ0v) is 10.8. The highest BCUT2D eigenvalue weighted by atomic mass is 32.2. The molecule has 2 rings (SSSR count). The molecular formula is C13H16N2OS. The van der Waals surface area contributed by atoms with Gasteiger partial charge >= 0.3 is 0 Å². The minimum Gasteiger partial charge on any atom is -0.387 e. The van der Waals surface area contributed by atoms with Crippen LogP contribution in [0.5, 0.6) is 0 Å². The molecule has 1 N–H and O–H groups in total. The lowest BCUT2D eigenvalue weighted by molar-refractivity contribution is 0.164. The van der Waals surface area contributed by atoms with E-state index in [4.69, 9.17) is 0 Å². The molecule has 1 heterocycles. The highest BCUT2D eigenvalue weighted by Gasteiger charge is 2.13. The average Bonchev–Trinajstić information content (AvgIpc) is 2.72. The quantitative estimate of drug-likeness (QED) is 0.904. The summed E-state index contributed by atoms with van der Waals surface area (Å²) < 4.78 is 1.95. The van der Waals surface area contributed by atoms with Gasteiger partial charge in [0.1, 0.15) is 0 Å². The summed E-state index contributed by atoms with van der Waals surface area (Å²) in [4.78, 5) is 5.50. The number of imidazole rings is 1. The van der Waals surface area contributed by atoms with Crippen LogP contribution in [0, 0.1) is 0 Å². The van der Waals surface area contributed by atoms with Crippen molar-refractivity contribution in [1.29, 1.82) is 0 Å². The fourth-order valence-electron chi connectivity index (χ4n) is 1.61. The zero-order chi connectivity index (χ0) is 12.3. The predicted octanol–water partition coefficient (Wildman–Crippen LogP) is 3.01. The van der Waals surface area contributed by atoms with Gasteiger partial charge < -0.3 is 9.67 Å². The lowest BCUT2D eigenvalue weighted by Crippen LogP contribution is -2.03. The summed E-state index contributed by atoms with van der Waals surface area (Å²) in [6.07, 6.45) is 2.02. The summed E-state index contributed by atoms with van der Waals surface area (Å²) in [5, 5.41) is 10.7. The zero-order valence-electron chi connectivity index (χ0n) is 10.00. The van der Waals surface area contributed by atoms with Crippen LogP contribution >= 0.6 is 11.8 Å². The Hall–Kier alpha value is -1.26. The first-order valence-corrected chi connectivity index (χ1v) is 6.46. The number of rotatable bonds is 4. The molecule has 0 amide bonds. The molecule has 0 radical (unpaired) electrons. The summed E-state index contributed by atoms with van der Waals surface area (Å²) >= 11 is 1.60. The van der Waals surface area contributed by atoms with Gasteiger partial charge in [0.25, 0.3) is 0 Å². The minimum absolute atomic E-state index is 0.433. The third-order valence-electron chi connectivity index (χ3n) is 2.66. The molecule has 1 unspecified atom stereocenters. The molecule has 0 fully saturated rings. The van der Waals surface area contributed by atoms with Crippen molar-refractivity contribution in [3.8, 4) is 0 Å². The van der Waals surface area contributed by atoms with Crippen LogP contribution in [0.25, 0.3) is 0 Å². The van der Waals surface area contributed by atoms with Crippen LogP contribution < -0.4 is 0 Å². The number of aliphatic hydroxyl groups excluding tert-OH is 1.